The third-order valence-electron chi connectivity index (χ3n) is 4.83. The van der Waals surface area contributed by atoms with Gasteiger partial charge in [0.2, 0.25) is 0 Å². The maximum absolute atomic E-state index is 8.82. The first-order valence-electron chi connectivity index (χ1n) is 10.8. The Kier molecular flexibility index (Phi) is 8.91. The largest absolute Gasteiger partial charge is 0.381 e. The van der Waals surface area contributed by atoms with Crippen LogP contribution in [-0.4, -0.2) is 17.9 Å². The monoisotopic (exact) mass is 426 g/mol. The van der Waals surface area contributed by atoms with Crippen LogP contribution in [0.2, 0.25) is 0 Å². The predicted molar refractivity (Wildman–Crippen MR) is 132 cm³/mol. The molecule has 164 valence electrons. The summed E-state index contributed by atoms with van der Waals surface area (Å²) in [5.74, 6) is 6.45. The quantitative estimate of drug-likeness (QED) is 0.200. The van der Waals surface area contributed by atoms with Crippen LogP contribution in [-0.2, 0) is 6.54 Å². The molecular weight excluding hydrogens is 396 g/mol. The molecule has 32 heavy (non-hydrogen) atoms. The van der Waals surface area contributed by atoms with E-state index >= 15 is 0 Å². The molecule has 0 spiro atoms. The van der Waals surface area contributed by atoms with E-state index in [-0.39, 0.29) is 12.7 Å². The molecule has 0 amide bonds. The van der Waals surface area contributed by atoms with Gasteiger partial charge in [-0.1, -0.05) is 67.3 Å². The maximum Gasteiger partial charge on any atom is 0.0894 e. The highest BCUT2D eigenvalue weighted by Crippen LogP contribution is 2.14. The number of nitrogens with one attached hydrogen (secondary N) is 3. The third-order valence-corrected chi connectivity index (χ3v) is 4.83. The topological polar surface area (TPSA) is 82.3 Å². The van der Waals surface area contributed by atoms with E-state index in [1.807, 2.05) is 54.6 Å². The van der Waals surface area contributed by atoms with E-state index in [1.165, 1.54) is 5.56 Å². The summed E-state index contributed by atoms with van der Waals surface area (Å²) in [7, 11) is 0. The lowest BCUT2D eigenvalue weighted by atomic mass is 10.1. The third kappa shape index (κ3) is 7.29. The number of hydrogen-bond acceptors (Lipinski definition) is 5. The van der Waals surface area contributed by atoms with Gasteiger partial charge in [-0.25, -0.2) is 5.48 Å². The summed E-state index contributed by atoms with van der Waals surface area (Å²) in [6, 6.07) is 26.5. The zero-order valence-corrected chi connectivity index (χ0v) is 18.3. The van der Waals surface area contributed by atoms with Crippen LogP contribution >= 0.6 is 0 Å². The fourth-order valence-corrected chi connectivity index (χ4v) is 3.16. The van der Waals surface area contributed by atoms with Crippen molar-refractivity contribution in [2.24, 2.45) is 5.73 Å². The zero-order valence-electron chi connectivity index (χ0n) is 18.3. The van der Waals surface area contributed by atoms with Crippen LogP contribution in [0.4, 0.5) is 5.69 Å². The molecule has 1 atom stereocenters. The average Bonchev–Trinajstić information content (AvgIpc) is 2.83. The molecule has 0 radical (unpaired) electrons. The molecule has 3 rings (SSSR count). The normalized spacial score (nSPS) is 11.9. The Morgan fingerprint density at radius 2 is 1.56 bits per heavy atom. The van der Waals surface area contributed by atoms with E-state index in [1.54, 1.807) is 0 Å². The summed E-state index contributed by atoms with van der Waals surface area (Å²) in [6.45, 7) is 3.10. The maximum atomic E-state index is 8.82. The van der Waals surface area contributed by atoms with Crippen molar-refractivity contribution in [2.45, 2.75) is 26.1 Å². The van der Waals surface area contributed by atoms with Crippen molar-refractivity contribution in [3.63, 3.8) is 0 Å². The number of benzene rings is 3. The summed E-state index contributed by atoms with van der Waals surface area (Å²) < 4.78 is 0. The Morgan fingerprint density at radius 1 is 0.938 bits per heavy atom. The van der Waals surface area contributed by atoms with E-state index in [0.29, 0.717) is 0 Å². The Morgan fingerprint density at radius 3 is 2.16 bits per heavy atom. The summed E-state index contributed by atoms with van der Waals surface area (Å²) in [5, 5.41) is 15.4. The fraction of sp³-hybridized carbons (Fsp3) is 0.185. The van der Waals surface area contributed by atoms with Crippen molar-refractivity contribution >= 4 is 11.4 Å². The van der Waals surface area contributed by atoms with Crippen LogP contribution in [0.3, 0.4) is 0 Å². The molecule has 0 aromatic heterocycles. The number of allylic oxidation sites excluding steroid dienone is 1. The molecule has 0 aliphatic carbocycles. The Balaban J connectivity index is 1.60. The molecule has 1 unspecified atom stereocenters. The molecule has 5 heteroatoms. The van der Waals surface area contributed by atoms with Crippen LogP contribution in [0.5, 0.6) is 0 Å². The Bertz CT molecular complexity index is 1050. The van der Waals surface area contributed by atoms with Crippen molar-refractivity contribution in [1.82, 2.24) is 10.8 Å². The van der Waals surface area contributed by atoms with E-state index in [9.17, 15) is 0 Å². The second-order valence-electron chi connectivity index (χ2n) is 7.38. The number of hydroxylamine groups is 1. The van der Waals surface area contributed by atoms with Gasteiger partial charge in [0.25, 0.3) is 0 Å². The minimum absolute atomic E-state index is 0.256. The van der Waals surface area contributed by atoms with Gasteiger partial charge >= 0.3 is 0 Å². The van der Waals surface area contributed by atoms with E-state index in [2.05, 4.69) is 65.2 Å². The summed E-state index contributed by atoms with van der Waals surface area (Å²) in [4.78, 5) is 0. The summed E-state index contributed by atoms with van der Waals surface area (Å²) >= 11 is 0. The number of nitrogens with two attached hydrogens (primary N) is 1. The Hall–Kier alpha value is -3.56. The molecule has 5 nitrogen and oxygen atoms in total. The van der Waals surface area contributed by atoms with Crippen molar-refractivity contribution < 1.29 is 5.21 Å². The molecule has 0 fully saturated rings. The lowest BCUT2D eigenvalue weighted by Gasteiger charge is -2.17. The molecule has 0 aliphatic heterocycles. The minimum atomic E-state index is -0.386. The van der Waals surface area contributed by atoms with Gasteiger partial charge in [0, 0.05) is 29.1 Å². The molecule has 3 aromatic carbocycles. The van der Waals surface area contributed by atoms with Gasteiger partial charge in [0.1, 0.15) is 0 Å². The second-order valence-corrected chi connectivity index (χ2v) is 7.38. The van der Waals surface area contributed by atoms with Crippen LogP contribution in [0.1, 0.15) is 35.6 Å². The van der Waals surface area contributed by atoms with Crippen LogP contribution < -0.4 is 21.8 Å². The van der Waals surface area contributed by atoms with Crippen LogP contribution in [0, 0.1) is 11.8 Å². The first-order chi connectivity index (χ1) is 15.7. The average molecular weight is 427 g/mol. The first-order valence-corrected chi connectivity index (χ1v) is 10.8. The molecule has 0 bridgehead atoms. The zero-order chi connectivity index (χ0) is 22.6. The number of hydrogen-bond donors (Lipinski definition) is 5. The van der Waals surface area contributed by atoms with E-state index in [0.717, 1.165) is 41.0 Å². The van der Waals surface area contributed by atoms with Crippen molar-refractivity contribution in [3.05, 3.63) is 107 Å². The predicted octanol–water partition coefficient (Wildman–Crippen LogP) is 4.30. The lowest BCUT2D eigenvalue weighted by molar-refractivity contribution is 0.158. The van der Waals surface area contributed by atoms with Gasteiger partial charge in [-0.15, -0.1) is 0 Å². The van der Waals surface area contributed by atoms with Gasteiger partial charge in [-0.3, -0.25) is 0 Å². The fourth-order valence-electron chi connectivity index (χ4n) is 3.16. The SMILES string of the molecule is CC/C=C(/NC(N)CNO)c1ccc(C#Cc2ccc(CNc3ccccc3)cc2)cc1. The number of para-hydroxylation sites is 1. The number of rotatable bonds is 9. The van der Waals surface area contributed by atoms with Crippen molar-refractivity contribution in [3.8, 4) is 11.8 Å². The van der Waals surface area contributed by atoms with Gasteiger partial charge in [-0.05, 0) is 53.9 Å². The van der Waals surface area contributed by atoms with Gasteiger partial charge in [0.15, 0.2) is 0 Å². The highest BCUT2D eigenvalue weighted by Gasteiger charge is 2.06. The summed E-state index contributed by atoms with van der Waals surface area (Å²) in [6.07, 6.45) is 2.56. The van der Waals surface area contributed by atoms with Crippen molar-refractivity contribution in [1.29, 1.82) is 0 Å². The summed E-state index contributed by atoms with van der Waals surface area (Å²) in [5.41, 5.74) is 14.3. The minimum Gasteiger partial charge on any atom is -0.381 e. The van der Waals surface area contributed by atoms with Gasteiger partial charge in [0.05, 0.1) is 12.7 Å². The second kappa shape index (κ2) is 12.3. The van der Waals surface area contributed by atoms with E-state index < -0.39 is 0 Å². The molecule has 0 heterocycles. The molecule has 6 N–H and O–H groups in total. The van der Waals surface area contributed by atoms with Crippen LogP contribution in [0.15, 0.2) is 84.9 Å². The molecule has 3 aromatic rings. The Labute approximate surface area is 190 Å². The lowest BCUT2D eigenvalue weighted by Crippen LogP contribution is -2.43. The first kappa shape index (κ1) is 23.1. The highest BCUT2D eigenvalue weighted by atomic mass is 16.5. The molecule has 0 saturated heterocycles. The highest BCUT2D eigenvalue weighted by molar-refractivity contribution is 5.65. The smallest absolute Gasteiger partial charge is 0.0894 e. The van der Waals surface area contributed by atoms with Gasteiger partial charge < -0.3 is 21.6 Å². The molecule has 0 saturated carbocycles. The van der Waals surface area contributed by atoms with E-state index in [4.69, 9.17) is 10.9 Å². The molecule has 0 aliphatic rings. The molecular formula is C27H30N4O. The standard InChI is InChI=1S/C27H30N4O/c1-2-6-26(31-27(28)20-30-32)24-17-15-22(16-18-24)10-9-21-11-13-23(14-12-21)19-29-25-7-4-3-5-8-25/h3-8,11-18,27,29-32H,2,19-20,28H2,1H3/b26-6+. The van der Waals surface area contributed by atoms with Crippen molar-refractivity contribution in [2.75, 3.05) is 11.9 Å². The number of anilines is 1. The van der Waals surface area contributed by atoms with Gasteiger partial charge in [-0.2, -0.15) is 0 Å². The van der Waals surface area contributed by atoms with Crippen LogP contribution in [0.25, 0.3) is 5.70 Å².